The maximum Gasteiger partial charge on any atom is 0.245 e. The molecule has 4 aromatic heterocycles. The van der Waals surface area contributed by atoms with Gasteiger partial charge in [0.05, 0.1) is 23.0 Å². The van der Waals surface area contributed by atoms with Gasteiger partial charge in [0.25, 0.3) is 0 Å². The summed E-state index contributed by atoms with van der Waals surface area (Å²) in [4.78, 5) is 31.9. The zero-order chi connectivity index (χ0) is 31.5. The van der Waals surface area contributed by atoms with Gasteiger partial charge in [0.2, 0.25) is 5.91 Å². The molecule has 0 spiro atoms. The van der Waals surface area contributed by atoms with E-state index in [-0.39, 0.29) is 23.3 Å². The van der Waals surface area contributed by atoms with E-state index in [9.17, 15) is 13.6 Å². The number of rotatable bonds is 2. The fourth-order valence-electron chi connectivity index (χ4n) is 6.83. The molecule has 0 saturated carbocycles. The Balaban J connectivity index is 1.20. The Morgan fingerprint density at radius 3 is 2.74 bits per heavy atom. The summed E-state index contributed by atoms with van der Waals surface area (Å²) >= 11 is 0. The Hall–Kier alpha value is -5.46. The van der Waals surface area contributed by atoms with E-state index in [0.717, 1.165) is 46.8 Å². The van der Waals surface area contributed by atoms with Crippen LogP contribution in [0.2, 0.25) is 0 Å². The van der Waals surface area contributed by atoms with E-state index in [4.69, 9.17) is 10.1 Å². The van der Waals surface area contributed by atoms with Crippen LogP contribution in [0.25, 0.3) is 39.1 Å². The highest BCUT2D eigenvalue weighted by molar-refractivity contribution is 5.96. The highest BCUT2D eigenvalue weighted by Crippen LogP contribution is 2.34. The monoisotopic (exact) mass is 620 g/mol. The largest absolute Gasteiger partial charge is 0.365 e. The fraction of sp³-hybridized carbons (Fsp3) is 0.273. The number of hydrogen-bond donors (Lipinski definition) is 1. The first-order chi connectivity index (χ1) is 22.4. The van der Waals surface area contributed by atoms with Gasteiger partial charge in [0, 0.05) is 55.9 Å². The van der Waals surface area contributed by atoms with Crippen molar-refractivity contribution in [3.63, 3.8) is 0 Å². The topological polar surface area (TPSA) is 109 Å². The first-order valence-corrected chi connectivity index (χ1v) is 15.2. The number of amides is 1. The van der Waals surface area contributed by atoms with Crippen LogP contribution in [0.4, 0.5) is 20.4 Å². The molecule has 6 aromatic rings. The number of nitrogens with zero attached hydrogens (tertiary/aromatic N) is 9. The minimum absolute atomic E-state index is 0.0301. The van der Waals surface area contributed by atoms with Gasteiger partial charge in [-0.2, -0.15) is 10.2 Å². The van der Waals surface area contributed by atoms with Gasteiger partial charge in [0.1, 0.15) is 35.3 Å². The third-order valence-electron chi connectivity index (χ3n) is 8.98. The van der Waals surface area contributed by atoms with E-state index >= 15 is 0 Å². The lowest BCUT2D eigenvalue weighted by Crippen LogP contribution is -2.45. The second-order valence-corrected chi connectivity index (χ2v) is 11.9. The maximum absolute atomic E-state index is 14.8. The summed E-state index contributed by atoms with van der Waals surface area (Å²) in [7, 11) is 3.79. The molecule has 1 saturated heterocycles. The number of benzene rings is 2. The van der Waals surface area contributed by atoms with Crippen LogP contribution >= 0.6 is 0 Å². The first kappa shape index (κ1) is 28.0. The van der Waals surface area contributed by atoms with Crippen LogP contribution in [0.1, 0.15) is 18.5 Å². The number of carbonyl (C=O) groups is 1. The van der Waals surface area contributed by atoms with Gasteiger partial charge >= 0.3 is 0 Å². The second-order valence-electron chi connectivity index (χ2n) is 11.9. The van der Waals surface area contributed by atoms with Crippen molar-refractivity contribution in [2.24, 2.45) is 7.05 Å². The van der Waals surface area contributed by atoms with Crippen molar-refractivity contribution < 1.29 is 13.6 Å². The number of aromatic nitrogens is 7. The Morgan fingerprint density at radius 2 is 1.87 bits per heavy atom. The standard InChI is InChI=1S/C33H30F2N10O/c1-42-13-5-9-26-30-22(6-3-8-25(30)41-43(26)2)24-7-4-10-29(40-24)39-20-15-27(33(42)46)44(17-20)32-28-16-36-31(45(28)38-18-37-32)21-12-11-19(34)14-23(21)35/h3-4,6-8,10-12,14,16,18,20,27H,5,9,13,15,17H2,1-2H3,(H,39,40)/t20-,27?/m0/s1. The zero-order valence-corrected chi connectivity index (χ0v) is 25.2. The molecule has 46 heavy (non-hydrogen) atoms. The average Bonchev–Trinajstić information content (AvgIpc) is 3.75. The number of nitrogens with one attached hydrogen (secondary N) is 1. The van der Waals surface area contributed by atoms with Gasteiger partial charge in [-0.15, -0.1) is 0 Å². The van der Waals surface area contributed by atoms with Crippen molar-refractivity contribution in [2.75, 3.05) is 30.4 Å². The summed E-state index contributed by atoms with van der Waals surface area (Å²) in [5.74, 6) is -0.0381. The van der Waals surface area contributed by atoms with Crippen LogP contribution in [0.3, 0.4) is 0 Å². The molecule has 1 unspecified atom stereocenters. The lowest BCUT2D eigenvalue weighted by Gasteiger charge is -2.28. The summed E-state index contributed by atoms with van der Waals surface area (Å²) in [6.45, 7) is 1.01. The predicted octanol–water partition coefficient (Wildman–Crippen LogP) is 4.48. The van der Waals surface area contributed by atoms with E-state index in [2.05, 4.69) is 26.4 Å². The average molecular weight is 621 g/mol. The number of imidazole rings is 1. The molecule has 1 amide bonds. The van der Waals surface area contributed by atoms with Crippen molar-refractivity contribution in [2.45, 2.75) is 31.3 Å². The van der Waals surface area contributed by atoms with Crippen molar-refractivity contribution in [3.8, 4) is 22.6 Å². The van der Waals surface area contributed by atoms with Gasteiger partial charge in [-0.25, -0.2) is 28.2 Å². The lowest BCUT2D eigenvalue weighted by atomic mass is 10.0. The van der Waals surface area contributed by atoms with Gasteiger partial charge < -0.3 is 15.1 Å². The SMILES string of the molecule is CN1CCCc2c3c(cccc3nn2C)-c2cccc(n2)N[C@H]2CC(C1=O)N(c1ncnn3c(-c4ccc(F)cc4F)ncc13)C2. The summed E-state index contributed by atoms with van der Waals surface area (Å²) in [5, 5.41) is 13.8. The molecule has 0 radical (unpaired) electrons. The number of likely N-dealkylation sites (N-methyl/N-ethyl adjacent to an activating group) is 1. The van der Waals surface area contributed by atoms with Crippen LogP contribution in [0.5, 0.6) is 0 Å². The van der Waals surface area contributed by atoms with Gasteiger partial charge in [-0.3, -0.25) is 9.48 Å². The van der Waals surface area contributed by atoms with Gasteiger partial charge in [-0.1, -0.05) is 18.2 Å². The van der Waals surface area contributed by atoms with Crippen LogP contribution in [0.15, 0.2) is 67.1 Å². The first-order valence-electron chi connectivity index (χ1n) is 15.2. The predicted molar refractivity (Wildman–Crippen MR) is 169 cm³/mol. The summed E-state index contributed by atoms with van der Waals surface area (Å²) < 4.78 is 31.8. The van der Waals surface area contributed by atoms with E-state index in [1.165, 1.54) is 23.0 Å². The number of anilines is 2. The molecule has 0 aliphatic carbocycles. The molecule has 2 atom stereocenters. The fourth-order valence-corrected chi connectivity index (χ4v) is 6.83. The van der Waals surface area contributed by atoms with Crippen molar-refractivity contribution >= 4 is 34.0 Å². The minimum atomic E-state index is -0.745. The highest BCUT2D eigenvalue weighted by atomic mass is 19.1. The van der Waals surface area contributed by atoms with E-state index in [1.54, 1.807) is 11.1 Å². The molecule has 4 bridgehead atoms. The number of carbonyl (C=O) groups excluding carboxylic acids is 1. The van der Waals surface area contributed by atoms with Gasteiger partial charge in [-0.05, 0) is 49.6 Å². The highest BCUT2D eigenvalue weighted by Gasteiger charge is 2.40. The summed E-state index contributed by atoms with van der Waals surface area (Å²) in [5.41, 5.74) is 4.50. The van der Waals surface area contributed by atoms with Crippen molar-refractivity contribution in [3.05, 3.63) is 84.4 Å². The number of fused-ring (bicyclic) bond motifs is 6. The van der Waals surface area contributed by atoms with E-state index in [1.807, 2.05) is 54.0 Å². The molecule has 232 valence electrons. The smallest absolute Gasteiger partial charge is 0.245 e. The Kier molecular flexibility index (Phi) is 6.62. The molecule has 1 N–H and O–H groups in total. The maximum atomic E-state index is 14.8. The lowest BCUT2D eigenvalue weighted by molar-refractivity contribution is -0.131. The molecular formula is C33H30F2N10O. The number of aryl methyl sites for hydroxylation is 2. The minimum Gasteiger partial charge on any atom is -0.365 e. The second kappa shape index (κ2) is 10.9. The molecule has 11 nitrogen and oxygen atoms in total. The van der Waals surface area contributed by atoms with Crippen LogP contribution in [-0.2, 0) is 18.3 Å². The normalized spacial score (nSPS) is 18.6. The molecule has 2 aliphatic rings. The van der Waals surface area contributed by atoms with Crippen molar-refractivity contribution in [1.29, 1.82) is 0 Å². The van der Waals surface area contributed by atoms with E-state index < -0.39 is 17.7 Å². The Morgan fingerprint density at radius 1 is 1.00 bits per heavy atom. The van der Waals surface area contributed by atoms with Gasteiger partial charge in [0.15, 0.2) is 11.6 Å². The number of hydrogen-bond acceptors (Lipinski definition) is 8. The summed E-state index contributed by atoms with van der Waals surface area (Å²) in [6.07, 6.45) is 4.92. The third-order valence-corrected chi connectivity index (χ3v) is 8.98. The third kappa shape index (κ3) is 4.61. The molecule has 13 heteroatoms. The molecule has 1 fully saturated rings. The Labute approximate surface area is 262 Å². The molecule has 2 aliphatic heterocycles. The van der Waals surface area contributed by atoms with E-state index in [0.29, 0.717) is 36.7 Å². The van der Waals surface area contributed by atoms with Crippen LogP contribution in [0, 0.1) is 11.6 Å². The molecule has 8 rings (SSSR count). The van der Waals surface area contributed by atoms with Crippen LogP contribution < -0.4 is 10.2 Å². The van der Waals surface area contributed by atoms with Crippen molar-refractivity contribution in [1.82, 2.24) is 39.2 Å². The quantitative estimate of drug-likeness (QED) is 0.302. The van der Waals surface area contributed by atoms with Crippen LogP contribution in [-0.4, -0.2) is 77.4 Å². The summed E-state index contributed by atoms with van der Waals surface area (Å²) in [6, 6.07) is 14.7. The number of halogens is 2. The Bertz CT molecular complexity index is 2140. The molecular weight excluding hydrogens is 590 g/mol. The zero-order valence-electron chi connectivity index (χ0n) is 25.2. The molecule has 2 aromatic carbocycles. The molecule has 6 heterocycles. The number of pyridine rings is 1.